The average molecular weight is 300 g/mol. The van der Waals surface area contributed by atoms with Crippen LogP contribution in [-0.4, -0.2) is 24.4 Å². The third-order valence-corrected chi connectivity index (χ3v) is 2.90. The molecule has 1 atom stereocenters. The van der Waals surface area contributed by atoms with E-state index < -0.39 is 5.54 Å². The van der Waals surface area contributed by atoms with E-state index in [1.54, 1.807) is 38.2 Å². The summed E-state index contributed by atoms with van der Waals surface area (Å²) in [6, 6.07) is 6.75. The molecule has 0 radical (unpaired) electrons. The van der Waals surface area contributed by atoms with Gasteiger partial charge in [-0.3, -0.25) is 9.59 Å². The summed E-state index contributed by atoms with van der Waals surface area (Å²) in [4.78, 5) is 23.5. The van der Waals surface area contributed by atoms with Gasteiger partial charge in [0.05, 0.1) is 5.54 Å². The fraction of sp³-hybridized carbons (Fsp3) is 0.429. The number of carbonyl (C=O) groups is 2. The largest absolute Gasteiger partial charge is 0.355 e. The predicted molar refractivity (Wildman–Crippen MR) is 83.2 cm³/mol. The molecule has 20 heavy (non-hydrogen) atoms. The van der Waals surface area contributed by atoms with Crippen LogP contribution >= 0.6 is 12.4 Å². The smallest absolute Gasteiger partial charge is 0.251 e. The van der Waals surface area contributed by atoms with E-state index in [0.717, 1.165) is 6.42 Å². The Morgan fingerprint density at radius 2 is 2.00 bits per heavy atom. The van der Waals surface area contributed by atoms with Crippen molar-refractivity contribution < 1.29 is 9.59 Å². The Morgan fingerprint density at radius 3 is 2.55 bits per heavy atom. The van der Waals surface area contributed by atoms with Gasteiger partial charge in [0.2, 0.25) is 5.91 Å². The molecular formula is C14H22ClN3O2. The van der Waals surface area contributed by atoms with E-state index in [0.29, 0.717) is 17.7 Å². The standard InChI is InChI=1S/C14H21N3O2.ClH/c1-4-8-14(2,15)13(19)17-11-7-5-6-10(9-11)12(18)16-3;/h5-7,9H,4,8,15H2,1-3H3,(H,16,18)(H,17,19);1H. The number of benzene rings is 1. The highest BCUT2D eigenvalue weighted by molar-refractivity contribution is 5.99. The van der Waals surface area contributed by atoms with Crippen molar-refractivity contribution in [1.82, 2.24) is 5.32 Å². The molecule has 0 saturated heterocycles. The minimum Gasteiger partial charge on any atom is -0.355 e. The van der Waals surface area contributed by atoms with Gasteiger partial charge in [0, 0.05) is 18.3 Å². The first-order valence-electron chi connectivity index (χ1n) is 6.33. The first kappa shape index (κ1) is 18.4. The Kier molecular flexibility index (Phi) is 7.24. The molecule has 1 unspecified atom stereocenters. The maximum absolute atomic E-state index is 12.0. The second-order valence-electron chi connectivity index (χ2n) is 4.78. The fourth-order valence-corrected chi connectivity index (χ4v) is 1.79. The molecule has 0 fully saturated rings. The van der Waals surface area contributed by atoms with E-state index in [4.69, 9.17) is 5.73 Å². The lowest BCUT2D eigenvalue weighted by molar-refractivity contribution is -0.120. The third-order valence-electron chi connectivity index (χ3n) is 2.90. The lowest BCUT2D eigenvalue weighted by atomic mass is 9.96. The van der Waals surface area contributed by atoms with Crippen molar-refractivity contribution in [3.8, 4) is 0 Å². The summed E-state index contributed by atoms with van der Waals surface area (Å²) < 4.78 is 0. The topological polar surface area (TPSA) is 84.2 Å². The Bertz CT molecular complexity index is 475. The molecule has 4 N–H and O–H groups in total. The van der Waals surface area contributed by atoms with Crippen molar-refractivity contribution in [2.75, 3.05) is 12.4 Å². The van der Waals surface area contributed by atoms with E-state index in [1.165, 1.54) is 0 Å². The van der Waals surface area contributed by atoms with E-state index in [1.807, 2.05) is 6.92 Å². The number of nitrogens with one attached hydrogen (secondary N) is 2. The normalized spacial score (nSPS) is 12.8. The number of anilines is 1. The second-order valence-corrected chi connectivity index (χ2v) is 4.78. The second kappa shape index (κ2) is 7.87. The molecule has 1 aromatic rings. The molecule has 2 amide bonds. The average Bonchev–Trinajstić information content (AvgIpc) is 2.38. The number of hydrogen-bond acceptors (Lipinski definition) is 3. The van der Waals surface area contributed by atoms with Gasteiger partial charge in [0.25, 0.3) is 5.91 Å². The molecular weight excluding hydrogens is 278 g/mol. The molecule has 1 rings (SSSR count). The Balaban J connectivity index is 0.00000361. The lowest BCUT2D eigenvalue weighted by Gasteiger charge is -2.22. The van der Waals surface area contributed by atoms with Crippen molar-refractivity contribution >= 4 is 29.9 Å². The van der Waals surface area contributed by atoms with Crippen LogP contribution < -0.4 is 16.4 Å². The van der Waals surface area contributed by atoms with Crippen LogP contribution in [0.4, 0.5) is 5.69 Å². The van der Waals surface area contributed by atoms with Crippen molar-refractivity contribution in [3.05, 3.63) is 29.8 Å². The van der Waals surface area contributed by atoms with Gasteiger partial charge in [-0.05, 0) is 31.5 Å². The summed E-state index contributed by atoms with van der Waals surface area (Å²) in [7, 11) is 1.56. The van der Waals surface area contributed by atoms with Crippen LogP contribution in [0.1, 0.15) is 37.0 Å². The quantitative estimate of drug-likeness (QED) is 0.776. The fourth-order valence-electron chi connectivity index (χ4n) is 1.79. The van der Waals surface area contributed by atoms with Gasteiger partial charge in [0.1, 0.15) is 0 Å². The monoisotopic (exact) mass is 299 g/mol. The van der Waals surface area contributed by atoms with Crippen LogP contribution in [0.25, 0.3) is 0 Å². The van der Waals surface area contributed by atoms with Gasteiger partial charge in [-0.25, -0.2) is 0 Å². The zero-order valence-corrected chi connectivity index (χ0v) is 12.8. The SMILES string of the molecule is CCCC(C)(N)C(=O)Nc1cccc(C(=O)NC)c1.Cl. The molecule has 0 heterocycles. The number of rotatable bonds is 5. The summed E-state index contributed by atoms with van der Waals surface area (Å²) >= 11 is 0. The highest BCUT2D eigenvalue weighted by Gasteiger charge is 2.27. The first-order valence-corrected chi connectivity index (χ1v) is 6.33. The van der Waals surface area contributed by atoms with E-state index in [-0.39, 0.29) is 24.2 Å². The molecule has 112 valence electrons. The van der Waals surface area contributed by atoms with Gasteiger partial charge >= 0.3 is 0 Å². The minimum atomic E-state index is -0.905. The summed E-state index contributed by atoms with van der Waals surface area (Å²) in [5.74, 6) is -0.441. The Morgan fingerprint density at radius 1 is 1.35 bits per heavy atom. The summed E-state index contributed by atoms with van der Waals surface area (Å²) in [5, 5.41) is 5.28. The van der Waals surface area contributed by atoms with Crippen LogP contribution in [0.5, 0.6) is 0 Å². The molecule has 0 aromatic heterocycles. The molecule has 0 saturated carbocycles. The molecule has 5 nitrogen and oxygen atoms in total. The van der Waals surface area contributed by atoms with Crippen LogP contribution in [-0.2, 0) is 4.79 Å². The summed E-state index contributed by atoms with van der Waals surface area (Å²) in [5.41, 5.74) is 6.11. The van der Waals surface area contributed by atoms with Crippen LogP contribution in [0, 0.1) is 0 Å². The molecule has 0 bridgehead atoms. The number of nitrogens with two attached hydrogens (primary N) is 1. The van der Waals surface area contributed by atoms with Crippen LogP contribution in [0.3, 0.4) is 0 Å². The van der Waals surface area contributed by atoms with Crippen molar-refractivity contribution in [3.63, 3.8) is 0 Å². The number of halogens is 1. The molecule has 1 aromatic carbocycles. The maximum Gasteiger partial charge on any atom is 0.251 e. The highest BCUT2D eigenvalue weighted by Crippen LogP contribution is 2.15. The zero-order valence-electron chi connectivity index (χ0n) is 12.0. The number of carbonyl (C=O) groups excluding carboxylic acids is 2. The van der Waals surface area contributed by atoms with Crippen molar-refractivity contribution in [1.29, 1.82) is 0 Å². The predicted octanol–water partition coefficient (Wildman–Crippen LogP) is 1.92. The van der Waals surface area contributed by atoms with Crippen molar-refractivity contribution in [2.24, 2.45) is 5.73 Å². The van der Waals surface area contributed by atoms with E-state index >= 15 is 0 Å². The highest BCUT2D eigenvalue weighted by atomic mass is 35.5. The van der Waals surface area contributed by atoms with Gasteiger partial charge in [-0.15, -0.1) is 12.4 Å². The van der Waals surface area contributed by atoms with E-state index in [9.17, 15) is 9.59 Å². The minimum absolute atomic E-state index is 0. The number of hydrogen-bond donors (Lipinski definition) is 3. The summed E-state index contributed by atoms with van der Waals surface area (Å²) in [6.45, 7) is 3.68. The van der Waals surface area contributed by atoms with Gasteiger partial charge in [0.15, 0.2) is 0 Å². The van der Waals surface area contributed by atoms with Crippen molar-refractivity contribution in [2.45, 2.75) is 32.2 Å². The van der Waals surface area contributed by atoms with E-state index in [2.05, 4.69) is 10.6 Å². The molecule has 0 spiro atoms. The zero-order chi connectivity index (χ0) is 14.5. The molecule has 0 aliphatic carbocycles. The van der Waals surface area contributed by atoms with Crippen LogP contribution in [0.15, 0.2) is 24.3 Å². The summed E-state index contributed by atoms with van der Waals surface area (Å²) in [6.07, 6.45) is 1.44. The Hall–Kier alpha value is -1.59. The van der Waals surface area contributed by atoms with Crippen LogP contribution in [0.2, 0.25) is 0 Å². The lowest BCUT2D eigenvalue weighted by Crippen LogP contribution is -2.48. The third kappa shape index (κ3) is 4.83. The number of amides is 2. The van der Waals surface area contributed by atoms with Gasteiger partial charge < -0.3 is 16.4 Å². The molecule has 0 aliphatic heterocycles. The Labute approximate surface area is 125 Å². The van der Waals surface area contributed by atoms with Gasteiger partial charge in [-0.1, -0.05) is 19.4 Å². The molecule has 0 aliphatic rings. The maximum atomic E-state index is 12.0. The first-order chi connectivity index (χ1) is 8.90. The molecule has 6 heteroatoms. The van der Waals surface area contributed by atoms with Gasteiger partial charge in [-0.2, -0.15) is 0 Å².